The second kappa shape index (κ2) is 5.14. The fraction of sp³-hybridized carbons (Fsp3) is 0.800. The van der Waals surface area contributed by atoms with Gasteiger partial charge in [-0.1, -0.05) is 6.92 Å². The van der Waals surface area contributed by atoms with Crippen LogP contribution in [-0.4, -0.2) is 23.5 Å². The summed E-state index contributed by atoms with van der Waals surface area (Å²) in [5.74, 6) is 0.510. The number of carbonyl (C=O) groups is 1. The highest BCUT2D eigenvalue weighted by atomic mass is 32.1. The Morgan fingerprint density at radius 3 is 2.44 bits per heavy atom. The van der Waals surface area contributed by atoms with Crippen molar-refractivity contribution in [3.05, 3.63) is 0 Å². The van der Waals surface area contributed by atoms with E-state index in [0.717, 1.165) is 6.54 Å². The summed E-state index contributed by atoms with van der Waals surface area (Å²) in [5, 5.41) is 2.78. The lowest BCUT2D eigenvalue weighted by atomic mass is 10.4. The van der Waals surface area contributed by atoms with Crippen molar-refractivity contribution in [1.82, 2.24) is 5.32 Å². The summed E-state index contributed by atoms with van der Waals surface area (Å²) in [4.78, 5) is 10.5. The van der Waals surface area contributed by atoms with Gasteiger partial charge in [0.25, 0.3) is 0 Å². The van der Waals surface area contributed by atoms with Gasteiger partial charge in [0.15, 0.2) is 0 Å². The molecule has 0 amide bonds. The van der Waals surface area contributed by atoms with Gasteiger partial charge in [0, 0.05) is 5.75 Å². The number of hydrogen-bond acceptors (Lipinski definition) is 3. The van der Waals surface area contributed by atoms with Gasteiger partial charge in [-0.15, -0.1) is 12.6 Å². The first-order valence-electron chi connectivity index (χ1n) is 2.79. The molecular formula is C5H11NOS2. The molecule has 0 bridgehead atoms. The van der Waals surface area contributed by atoms with E-state index in [1.54, 1.807) is 0 Å². The van der Waals surface area contributed by atoms with E-state index in [9.17, 15) is 4.79 Å². The molecule has 1 atom stereocenters. The molecule has 0 saturated carbocycles. The van der Waals surface area contributed by atoms with Gasteiger partial charge in [-0.05, 0) is 6.54 Å². The Balaban J connectivity index is 3.54. The third kappa shape index (κ3) is 3.83. The molecule has 0 heterocycles. The van der Waals surface area contributed by atoms with Crippen molar-refractivity contribution in [2.75, 3.05) is 12.3 Å². The molecule has 2 nitrogen and oxygen atoms in total. The van der Waals surface area contributed by atoms with Crippen molar-refractivity contribution in [2.24, 2.45) is 0 Å². The standard InChI is InChI=1S/C5H11NOS2/c1-2-6-4(3-8)5(7)9/h4,6,8H,2-3H2,1H3,(H,7,9)/t4-/m0/s1. The minimum Gasteiger partial charge on any atom is -0.306 e. The zero-order valence-corrected chi connectivity index (χ0v) is 7.08. The summed E-state index contributed by atoms with van der Waals surface area (Å²) in [6.07, 6.45) is 0. The van der Waals surface area contributed by atoms with E-state index in [2.05, 4.69) is 30.6 Å². The number of nitrogens with one attached hydrogen (secondary N) is 1. The minimum atomic E-state index is -0.193. The summed E-state index contributed by atoms with van der Waals surface area (Å²) < 4.78 is 0. The lowest BCUT2D eigenvalue weighted by molar-refractivity contribution is -0.112. The van der Waals surface area contributed by atoms with Crippen LogP contribution in [0.1, 0.15) is 6.92 Å². The third-order valence-corrected chi connectivity index (χ3v) is 1.61. The Labute approximate surface area is 66.2 Å². The van der Waals surface area contributed by atoms with Gasteiger partial charge in [0.05, 0.1) is 6.04 Å². The summed E-state index contributed by atoms with van der Waals surface area (Å²) in [6.45, 7) is 2.71. The first kappa shape index (κ1) is 9.33. The molecule has 0 unspecified atom stereocenters. The lowest BCUT2D eigenvalue weighted by Crippen LogP contribution is -2.35. The molecule has 1 N–H and O–H groups in total. The van der Waals surface area contributed by atoms with Gasteiger partial charge in [-0.2, -0.15) is 12.6 Å². The minimum absolute atomic E-state index is 0.146. The Bertz CT molecular complexity index is 97.0. The van der Waals surface area contributed by atoms with E-state index in [1.807, 2.05) is 6.92 Å². The fourth-order valence-electron chi connectivity index (χ4n) is 0.476. The van der Waals surface area contributed by atoms with Crippen LogP contribution in [0, 0.1) is 0 Å². The van der Waals surface area contributed by atoms with E-state index in [4.69, 9.17) is 0 Å². The van der Waals surface area contributed by atoms with Gasteiger partial charge in [-0.3, -0.25) is 4.79 Å². The summed E-state index contributed by atoms with van der Waals surface area (Å²) in [5.41, 5.74) is 0. The molecule has 0 spiro atoms. The van der Waals surface area contributed by atoms with Crippen molar-refractivity contribution in [1.29, 1.82) is 0 Å². The Kier molecular flexibility index (Phi) is 5.33. The van der Waals surface area contributed by atoms with Gasteiger partial charge in [0.2, 0.25) is 5.12 Å². The molecule has 0 aromatic heterocycles. The monoisotopic (exact) mass is 165 g/mol. The van der Waals surface area contributed by atoms with Crippen LogP contribution in [0.3, 0.4) is 0 Å². The number of carbonyl (C=O) groups excluding carboxylic acids is 1. The van der Waals surface area contributed by atoms with Crippen LogP contribution in [0.25, 0.3) is 0 Å². The number of likely N-dealkylation sites (N-methyl/N-ethyl adjacent to an activating group) is 1. The van der Waals surface area contributed by atoms with Crippen LogP contribution in [-0.2, 0) is 4.79 Å². The topological polar surface area (TPSA) is 29.1 Å². The quantitative estimate of drug-likeness (QED) is 0.525. The average Bonchev–Trinajstić information content (AvgIpc) is 1.82. The van der Waals surface area contributed by atoms with Crippen molar-refractivity contribution >= 4 is 30.4 Å². The van der Waals surface area contributed by atoms with E-state index >= 15 is 0 Å². The maximum atomic E-state index is 10.5. The fourth-order valence-corrected chi connectivity index (χ4v) is 1.10. The zero-order chi connectivity index (χ0) is 7.28. The zero-order valence-electron chi connectivity index (χ0n) is 5.29. The van der Waals surface area contributed by atoms with Gasteiger partial charge >= 0.3 is 0 Å². The first-order chi connectivity index (χ1) is 4.22. The molecular weight excluding hydrogens is 154 g/mol. The van der Waals surface area contributed by atoms with E-state index in [1.165, 1.54) is 0 Å². The van der Waals surface area contributed by atoms with Crippen LogP contribution < -0.4 is 5.32 Å². The SMILES string of the molecule is CCN[C@@H](CS)C(=O)S. The van der Waals surface area contributed by atoms with Crippen LogP contribution in [0.5, 0.6) is 0 Å². The third-order valence-electron chi connectivity index (χ3n) is 0.931. The lowest BCUT2D eigenvalue weighted by Gasteiger charge is -2.08. The number of thiol groups is 2. The van der Waals surface area contributed by atoms with Crippen molar-refractivity contribution in [3.63, 3.8) is 0 Å². The van der Waals surface area contributed by atoms with Crippen molar-refractivity contribution in [2.45, 2.75) is 13.0 Å². The van der Waals surface area contributed by atoms with Crippen LogP contribution >= 0.6 is 25.3 Å². The largest absolute Gasteiger partial charge is 0.306 e. The van der Waals surface area contributed by atoms with Gasteiger partial charge < -0.3 is 5.32 Å². The molecule has 0 aromatic rings. The van der Waals surface area contributed by atoms with Gasteiger partial charge in [-0.25, -0.2) is 0 Å². The highest BCUT2D eigenvalue weighted by Crippen LogP contribution is 1.92. The molecule has 0 saturated heterocycles. The smallest absolute Gasteiger partial charge is 0.203 e. The molecule has 0 rings (SSSR count). The molecule has 0 aromatic carbocycles. The molecule has 0 aliphatic heterocycles. The predicted octanol–water partition coefficient (Wildman–Crippen LogP) is 0.351. The highest BCUT2D eigenvalue weighted by molar-refractivity contribution is 7.96. The summed E-state index contributed by atoms with van der Waals surface area (Å²) in [7, 11) is 0. The van der Waals surface area contributed by atoms with Crippen molar-refractivity contribution in [3.8, 4) is 0 Å². The molecule has 9 heavy (non-hydrogen) atoms. The number of hydrogen-bond donors (Lipinski definition) is 3. The summed E-state index contributed by atoms with van der Waals surface area (Å²) in [6, 6.07) is -0.193. The molecule has 0 aliphatic rings. The van der Waals surface area contributed by atoms with Crippen LogP contribution in [0.15, 0.2) is 0 Å². The first-order valence-corrected chi connectivity index (χ1v) is 3.87. The van der Waals surface area contributed by atoms with Crippen LogP contribution in [0.2, 0.25) is 0 Å². The maximum Gasteiger partial charge on any atom is 0.203 e. The molecule has 0 aliphatic carbocycles. The average molecular weight is 165 g/mol. The normalized spacial score (nSPS) is 13.2. The second-order valence-electron chi connectivity index (χ2n) is 1.63. The predicted molar refractivity (Wildman–Crippen MR) is 45.3 cm³/mol. The molecule has 0 fully saturated rings. The maximum absolute atomic E-state index is 10.5. The van der Waals surface area contributed by atoms with Crippen LogP contribution in [0.4, 0.5) is 0 Å². The molecule has 4 heteroatoms. The second-order valence-corrected chi connectivity index (χ2v) is 2.44. The summed E-state index contributed by atoms with van der Waals surface area (Å²) >= 11 is 7.61. The molecule has 54 valence electrons. The molecule has 0 radical (unpaired) electrons. The number of rotatable bonds is 4. The van der Waals surface area contributed by atoms with E-state index < -0.39 is 0 Å². The Hall–Kier alpha value is 0.330. The Morgan fingerprint density at radius 1 is 1.78 bits per heavy atom. The highest BCUT2D eigenvalue weighted by Gasteiger charge is 2.09. The van der Waals surface area contributed by atoms with Crippen molar-refractivity contribution < 1.29 is 4.79 Å². The van der Waals surface area contributed by atoms with E-state index in [0.29, 0.717) is 5.75 Å². The van der Waals surface area contributed by atoms with Gasteiger partial charge in [0.1, 0.15) is 0 Å². The Morgan fingerprint density at radius 2 is 2.33 bits per heavy atom. The van der Waals surface area contributed by atoms with E-state index in [-0.39, 0.29) is 11.2 Å².